The van der Waals surface area contributed by atoms with Gasteiger partial charge < -0.3 is 25.5 Å². The molecule has 4 N–H and O–H groups in total. The Bertz CT molecular complexity index is 991. The minimum atomic E-state index is -0.555. The van der Waals surface area contributed by atoms with Gasteiger partial charge in [-0.25, -0.2) is 14.8 Å². The maximum absolute atomic E-state index is 14.2. The minimum Gasteiger partial charge on any atom is -0.497 e. The van der Waals surface area contributed by atoms with Gasteiger partial charge in [-0.15, -0.1) is 0 Å². The molecule has 2 aromatic carbocycles. The van der Waals surface area contributed by atoms with Crippen molar-refractivity contribution in [1.82, 2.24) is 15.4 Å². The second-order valence-electron chi connectivity index (χ2n) is 6.09. The highest BCUT2D eigenvalue weighted by molar-refractivity contribution is 5.67. The van der Waals surface area contributed by atoms with Crippen LogP contribution in [0.2, 0.25) is 0 Å². The number of aromatic nitrogens is 2. The highest BCUT2D eigenvalue weighted by atomic mass is 19.1. The Morgan fingerprint density at radius 1 is 1.00 bits per heavy atom. The predicted molar refractivity (Wildman–Crippen MR) is 105 cm³/mol. The first-order valence-electron chi connectivity index (χ1n) is 8.56. The molecule has 28 heavy (non-hydrogen) atoms. The number of hydrazine groups is 1. The lowest BCUT2D eigenvalue weighted by molar-refractivity contribution is 0.395. The number of benzene rings is 2. The van der Waals surface area contributed by atoms with E-state index in [2.05, 4.69) is 31.5 Å². The van der Waals surface area contributed by atoms with Crippen molar-refractivity contribution >= 4 is 28.8 Å². The van der Waals surface area contributed by atoms with Crippen molar-refractivity contribution in [2.45, 2.75) is 6.54 Å². The van der Waals surface area contributed by atoms with Crippen molar-refractivity contribution in [2.24, 2.45) is 0 Å². The summed E-state index contributed by atoms with van der Waals surface area (Å²) in [5.74, 6) is 0.974. The first-order valence-corrected chi connectivity index (χ1v) is 8.56. The van der Waals surface area contributed by atoms with Crippen molar-refractivity contribution in [3.05, 3.63) is 54.0 Å². The van der Waals surface area contributed by atoms with Crippen molar-refractivity contribution < 1.29 is 13.9 Å². The summed E-state index contributed by atoms with van der Waals surface area (Å²) < 4.78 is 24.7. The second kappa shape index (κ2) is 7.57. The molecule has 0 fully saturated rings. The Morgan fingerprint density at radius 2 is 1.79 bits per heavy atom. The zero-order chi connectivity index (χ0) is 19.5. The molecule has 1 aromatic heterocycles. The number of ether oxygens (including phenoxy) is 2. The molecule has 8 nitrogen and oxygen atoms in total. The third-order valence-electron chi connectivity index (χ3n) is 4.23. The summed E-state index contributed by atoms with van der Waals surface area (Å²) in [5, 5.41) is 6.03. The maximum atomic E-state index is 14.2. The fourth-order valence-corrected chi connectivity index (χ4v) is 2.82. The van der Waals surface area contributed by atoms with E-state index in [-0.39, 0.29) is 11.8 Å². The Labute approximate surface area is 161 Å². The Kier molecular flexibility index (Phi) is 4.81. The van der Waals surface area contributed by atoms with Gasteiger partial charge in [-0.05, 0) is 17.7 Å². The summed E-state index contributed by atoms with van der Waals surface area (Å²) in [6.07, 6.45) is 1.11. The van der Waals surface area contributed by atoms with E-state index in [0.29, 0.717) is 22.9 Å². The summed E-state index contributed by atoms with van der Waals surface area (Å²) >= 11 is 0. The van der Waals surface area contributed by atoms with E-state index in [4.69, 9.17) is 9.47 Å². The van der Waals surface area contributed by atoms with Crippen molar-refractivity contribution in [3.63, 3.8) is 0 Å². The van der Waals surface area contributed by atoms with Crippen LogP contribution in [-0.4, -0.2) is 24.2 Å². The van der Waals surface area contributed by atoms with Crippen LogP contribution in [0.3, 0.4) is 0 Å². The molecule has 0 bridgehead atoms. The minimum absolute atomic E-state index is 0.0678. The fourth-order valence-electron chi connectivity index (χ4n) is 2.82. The second-order valence-corrected chi connectivity index (χ2v) is 6.09. The van der Waals surface area contributed by atoms with Crippen LogP contribution in [0, 0.1) is 5.82 Å². The monoisotopic (exact) mass is 382 g/mol. The number of hydrogen-bond acceptors (Lipinski definition) is 8. The summed E-state index contributed by atoms with van der Waals surface area (Å²) in [6, 6.07) is 11.0. The van der Waals surface area contributed by atoms with Gasteiger partial charge in [0, 0.05) is 36.1 Å². The predicted octanol–water partition coefficient (Wildman–Crippen LogP) is 3.55. The number of methoxy groups -OCH3 is 2. The molecular weight excluding hydrogens is 363 g/mol. The fraction of sp³-hybridized carbons (Fsp3) is 0.158. The standard InChI is InChI=1S/C19H19FN6O2/c1-27-14-5-13(6-15(8-14)28-2)24-19-21-10-16(20)18(25-19)23-12-4-3-11-9-22-26-17(11)7-12/h3-8,10,22,26H,9H2,1-2H3,(H2,21,23,24,25). The zero-order valence-electron chi connectivity index (χ0n) is 15.3. The average molecular weight is 382 g/mol. The van der Waals surface area contributed by atoms with Crippen LogP contribution in [0.1, 0.15) is 5.56 Å². The van der Waals surface area contributed by atoms with Gasteiger partial charge in [0.05, 0.1) is 26.1 Å². The van der Waals surface area contributed by atoms with E-state index < -0.39 is 5.82 Å². The topological polar surface area (TPSA) is 92.4 Å². The number of hydrogen-bond donors (Lipinski definition) is 4. The van der Waals surface area contributed by atoms with Gasteiger partial charge in [-0.1, -0.05) is 6.07 Å². The van der Waals surface area contributed by atoms with Gasteiger partial charge in [0.2, 0.25) is 5.95 Å². The molecule has 3 aromatic rings. The number of fused-ring (bicyclic) bond motifs is 1. The smallest absolute Gasteiger partial charge is 0.229 e. The number of nitrogens with zero attached hydrogens (tertiary/aromatic N) is 2. The number of rotatable bonds is 6. The normalized spacial score (nSPS) is 12.1. The lowest BCUT2D eigenvalue weighted by Crippen LogP contribution is -2.10. The third-order valence-corrected chi connectivity index (χ3v) is 4.23. The lowest BCUT2D eigenvalue weighted by atomic mass is 10.2. The van der Waals surface area contributed by atoms with E-state index in [0.717, 1.165) is 24.0 Å². The third kappa shape index (κ3) is 3.74. The number of anilines is 5. The van der Waals surface area contributed by atoms with Crippen LogP contribution >= 0.6 is 0 Å². The highest BCUT2D eigenvalue weighted by Gasteiger charge is 2.12. The van der Waals surface area contributed by atoms with Gasteiger partial charge >= 0.3 is 0 Å². The molecule has 0 atom stereocenters. The van der Waals surface area contributed by atoms with Crippen molar-refractivity contribution in [3.8, 4) is 11.5 Å². The molecule has 0 unspecified atom stereocenters. The van der Waals surface area contributed by atoms with Crippen LogP contribution < -0.4 is 31.0 Å². The molecule has 0 saturated carbocycles. The van der Waals surface area contributed by atoms with E-state index in [9.17, 15) is 4.39 Å². The van der Waals surface area contributed by atoms with Gasteiger partial charge in [-0.2, -0.15) is 4.98 Å². The number of nitrogens with one attached hydrogen (secondary N) is 4. The molecule has 1 aliphatic rings. The van der Waals surface area contributed by atoms with E-state index >= 15 is 0 Å². The average Bonchev–Trinajstić information content (AvgIpc) is 3.18. The first kappa shape index (κ1) is 17.8. The quantitative estimate of drug-likeness (QED) is 0.514. The molecule has 9 heteroatoms. The van der Waals surface area contributed by atoms with Crippen LogP contribution in [-0.2, 0) is 6.54 Å². The molecular formula is C19H19FN6O2. The molecule has 144 valence electrons. The molecule has 0 saturated heterocycles. The molecule has 0 amide bonds. The van der Waals surface area contributed by atoms with Crippen molar-refractivity contribution in [1.29, 1.82) is 0 Å². The summed E-state index contributed by atoms with van der Waals surface area (Å²) in [7, 11) is 3.13. The van der Waals surface area contributed by atoms with E-state index in [1.165, 1.54) is 0 Å². The highest BCUT2D eigenvalue weighted by Crippen LogP contribution is 2.29. The van der Waals surface area contributed by atoms with Crippen LogP contribution in [0.25, 0.3) is 0 Å². The summed E-state index contributed by atoms with van der Waals surface area (Å²) in [5.41, 5.74) is 9.54. The molecule has 0 spiro atoms. The summed E-state index contributed by atoms with van der Waals surface area (Å²) in [4.78, 5) is 8.24. The Morgan fingerprint density at radius 3 is 2.54 bits per heavy atom. The van der Waals surface area contributed by atoms with Crippen LogP contribution in [0.5, 0.6) is 11.5 Å². The maximum Gasteiger partial charge on any atom is 0.229 e. The van der Waals surface area contributed by atoms with Crippen LogP contribution in [0.4, 0.5) is 33.2 Å². The van der Waals surface area contributed by atoms with Gasteiger partial charge in [-0.3, -0.25) is 0 Å². The zero-order valence-corrected chi connectivity index (χ0v) is 15.3. The van der Waals surface area contributed by atoms with Crippen LogP contribution in [0.15, 0.2) is 42.6 Å². The molecule has 4 rings (SSSR count). The molecule has 0 radical (unpaired) electrons. The Hall–Kier alpha value is -3.59. The molecule has 2 heterocycles. The SMILES string of the molecule is COc1cc(Nc2ncc(F)c(Nc3ccc4c(c3)NNC4)n2)cc(OC)c1. The van der Waals surface area contributed by atoms with E-state index in [1.807, 2.05) is 18.2 Å². The van der Waals surface area contributed by atoms with Gasteiger partial charge in [0.1, 0.15) is 11.5 Å². The first-order chi connectivity index (χ1) is 13.6. The molecule has 1 aliphatic heterocycles. The largest absolute Gasteiger partial charge is 0.497 e. The van der Waals surface area contributed by atoms with Gasteiger partial charge in [0.25, 0.3) is 0 Å². The number of halogens is 1. The van der Waals surface area contributed by atoms with Crippen molar-refractivity contribution in [2.75, 3.05) is 30.3 Å². The van der Waals surface area contributed by atoms with Gasteiger partial charge in [0.15, 0.2) is 11.6 Å². The molecule has 0 aliphatic carbocycles. The lowest BCUT2D eigenvalue weighted by Gasteiger charge is -2.12. The Balaban J connectivity index is 1.57. The summed E-state index contributed by atoms with van der Waals surface area (Å²) in [6.45, 7) is 0.746. The van der Waals surface area contributed by atoms with E-state index in [1.54, 1.807) is 32.4 Å².